The maximum absolute atomic E-state index is 12.3. The Kier molecular flexibility index (Phi) is 3.53. The number of aromatic amines is 1. The Morgan fingerprint density at radius 1 is 1.23 bits per heavy atom. The summed E-state index contributed by atoms with van der Waals surface area (Å²) >= 11 is 0. The molecule has 0 fully saturated rings. The Morgan fingerprint density at radius 2 is 2.00 bits per heavy atom. The maximum Gasteiger partial charge on any atom is 0.332 e. The Bertz CT molecular complexity index is 1160. The summed E-state index contributed by atoms with van der Waals surface area (Å²) in [7, 11) is 2.92. The van der Waals surface area contributed by atoms with Gasteiger partial charge >= 0.3 is 5.69 Å². The van der Waals surface area contributed by atoms with Gasteiger partial charge in [-0.3, -0.25) is 18.7 Å². The third-order valence-corrected chi connectivity index (χ3v) is 4.19. The molecule has 0 aliphatic carbocycles. The lowest BCUT2D eigenvalue weighted by molar-refractivity contribution is 0.0949. The molecule has 4 rings (SSSR count). The van der Waals surface area contributed by atoms with E-state index in [1.165, 1.54) is 18.7 Å². The molecule has 0 bridgehead atoms. The van der Waals surface area contributed by atoms with Crippen LogP contribution in [-0.2, 0) is 20.6 Å². The molecule has 134 valence electrons. The minimum Gasteiger partial charge on any atom is -0.454 e. The van der Waals surface area contributed by atoms with Gasteiger partial charge in [-0.25, -0.2) is 9.78 Å². The van der Waals surface area contributed by atoms with Crippen LogP contribution in [0.25, 0.3) is 11.2 Å². The largest absolute Gasteiger partial charge is 0.454 e. The zero-order chi connectivity index (χ0) is 18.4. The van der Waals surface area contributed by atoms with E-state index < -0.39 is 11.2 Å². The average molecular weight is 357 g/mol. The molecule has 1 amide bonds. The van der Waals surface area contributed by atoms with Crippen molar-refractivity contribution in [1.29, 1.82) is 0 Å². The van der Waals surface area contributed by atoms with Gasteiger partial charge in [-0.1, -0.05) is 0 Å². The molecule has 26 heavy (non-hydrogen) atoms. The monoisotopic (exact) mass is 357 g/mol. The summed E-state index contributed by atoms with van der Waals surface area (Å²) in [4.78, 5) is 43.5. The quantitative estimate of drug-likeness (QED) is 0.659. The number of nitrogens with zero attached hydrogens (tertiary/aromatic N) is 3. The van der Waals surface area contributed by atoms with Crippen molar-refractivity contribution in [3.05, 3.63) is 50.4 Å². The van der Waals surface area contributed by atoms with E-state index in [9.17, 15) is 14.4 Å². The standard InChI is InChI=1S/C16H15N5O5/c1-20-13-12(15(23)21(2)16(20)24)18-11(19-13)6-17-14(22)8-3-4-9-10(5-8)26-7-25-9/h3-5H,6-7H2,1-2H3,(H,17,22)(H,18,19). The Morgan fingerprint density at radius 3 is 2.81 bits per heavy atom. The number of imidazole rings is 1. The highest BCUT2D eigenvalue weighted by Crippen LogP contribution is 2.32. The van der Waals surface area contributed by atoms with Crippen molar-refractivity contribution in [3.63, 3.8) is 0 Å². The van der Waals surface area contributed by atoms with E-state index in [1.807, 2.05) is 0 Å². The Balaban J connectivity index is 1.57. The summed E-state index contributed by atoms with van der Waals surface area (Å²) in [6.07, 6.45) is 0. The molecule has 0 saturated carbocycles. The average Bonchev–Trinajstić information content (AvgIpc) is 3.28. The second-order valence-corrected chi connectivity index (χ2v) is 5.84. The first kappa shape index (κ1) is 15.9. The highest BCUT2D eigenvalue weighted by Gasteiger charge is 2.17. The first-order valence-corrected chi connectivity index (χ1v) is 7.78. The summed E-state index contributed by atoms with van der Waals surface area (Å²) in [6.45, 7) is 0.201. The Hall–Kier alpha value is -3.56. The molecule has 10 nitrogen and oxygen atoms in total. The van der Waals surface area contributed by atoms with Crippen LogP contribution < -0.4 is 26.0 Å². The normalized spacial score (nSPS) is 12.5. The summed E-state index contributed by atoms with van der Waals surface area (Å²) < 4.78 is 12.7. The first-order chi connectivity index (χ1) is 12.5. The van der Waals surface area contributed by atoms with Gasteiger partial charge in [0.25, 0.3) is 11.5 Å². The van der Waals surface area contributed by atoms with Gasteiger partial charge < -0.3 is 19.8 Å². The number of fused-ring (bicyclic) bond motifs is 2. The molecule has 3 heterocycles. The lowest BCUT2D eigenvalue weighted by Crippen LogP contribution is -2.36. The zero-order valence-corrected chi connectivity index (χ0v) is 14.0. The number of aromatic nitrogens is 4. The molecule has 1 aliphatic rings. The number of ether oxygens (including phenoxy) is 2. The van der Waals surface area contributed by atoms with E-state index in [0.717, 1.165) is 4.57 Å². The van der Waals surface area contributed by atoms with Gasteiger partial charge in [0, 0.05) is 19.7 Å². The molecular formula is C16H15N5O5. The van der Waals surface area contributed by atoms with E-state index in [-0.39, 0.29) is 30.4 Å². The van der Waals surface area contributed by atoms with Crippen LogP contribution >= 0.6 is 0 Å². The van der Waals surface area contributed by atoms with Gasteiger partial charge in [-0.2, -0.15) is 0 Å². The molecule has 1 aliphatic heterocycles. The smallest absolute Gasteiger partial charge is 0.332 e. The number of rotatable bonds is 3. The lowest BCUT2D eigenvalue weighted by atomic mass is 10.2. The van der Waals surface area contributed by atoms with Crippen molar-refractivity contribution < 1.29 is 14.3 Å². The molecule has 3 aromatic rings. The van der Waals surface area contributed by atoms with Crippen molar-refractivity contribution in [1.82, 2.24) is 24.4 Å². The number of carbonyl (C=O) groups excluding carboxylic acids is 1. The van der Waals surface area contributed by atoms with E-state index in [0.29, 0.717) is 22.9 Å². The van der Waals surface area contributed by atoms with Crippen LogP contribution in [0.3, 0.4) is 0 Å². The number of carbonyl (C=O) groups is 1. The molecule has 0 radical (unpaired) electrons. The molecule has 0 spiro atoms. The third-order valence-electron chi connectivity index (χ3n) is 4.19. The van der Waals surface area contributed by atoms with E-state index in [1.54, 1.807) is 18.2 Å². The predicted octanol–water partition coefficient (Wildman–Crippen LogP) is -0.381. The zero-order valence-electron chi connectivity index (χ0n) is 14.0. The van der Waals surface area contributed by atoms with Crippen molar-refractivity contribution in [3.8, 4) is 11.5 Å². The Labute approximate surface area is 146 Å². The van der Waals surface area contributed by atoms with Gasteiger partial charge in [0.2, 0.25) is 6.79 Å². The molecule has 0 saturated heterocycles. The fourth-order valence-electron chi connectivity index (χ4n) is 2.76. The van der Waals surface area contributed by atoms with Crippen molar-refractivity contribution >= 4 is 17.1 Å². The van der Waals surface area contributed by atoms with Crippen LogP contribution in [0, 0.1) is 0 Å². The molecule has 2 aromatic heterocycles. The van der Waals surface area contributed by atoms with Crippen LogP contribution in [0.1, 0.15) is 16.2 Å². The highest BCUT2D eigenvalue weighted by molar-refractivity contribution is 5.94. The molecule has 0 atom stereocenters. The summed E-state index contributed by atoms with van der Waals surface area (Å²) in [5.74, 6) is 1.15. The maximum atomic E-state index is 12.3. The number of H-pyrrole nitrogens is 1. The molecule has 2 N–H and O–H groups in total. The van der Waals surface area contributed by atoms with Gasteiger partial charge in [-0.05, 0) is 18.2 Å². The summed E-state index contributed by atoms with van der Waals surface area (Å²) in [5.41, 5.74) is -0.0741. The van der Waals surface area contributed by atoms with Gasteiger partial charge in [-0.15, -0.1) is 0 Å². The van der Waals surface area contributed by atoms with Crippen molar-refractivity contribution in [2.45, 2.75) is 6.54 Å². The number of hydrogen-bond acceptors (Lipinski definition) is 6. The van der Waals surface area contributed by atoms with Crippen LogP contribution in [0.2, 0.25) is 0 Å². The molecule has 1 aromatic carbocycles. The molecule has 0 unspecified atom stereocenters. The highest BCUT2D eigenvalue weighted by atomic mass is 16.7. The second kappa shape index (κ2) is 5.76. The van der Waals surface area contributed by atoms with E-state index in [4.69, 9.17) is 9.47 Å². The summed E-state index contributed by atoms with van der Waals surface area (Å²) in [5, 5.41) is 2.71. The first-order valence-electron chi connectivity index (χ1n) is 7.78. The molecular weight excluding hydrogens is 342 g/mol. The minimum atomic E-state index is -0.469. The molecule has 10 heteroatoms. The van der Waals surface area contributed by atoms with Gasteiger partial charge in [0.05, 0.1) is 6.54 Å². The summed E-state index contributed by atoms with van der Waals surface area (Å²) in [6, 6.07) is 4.88. The van der Waals surface area contributed by atoms with Crippen LogP contribution in [0.15, 0.2) is 27.8 Å². The van der Waals surface area contributed by atoms with Crippen LogP contribution in [0.5, 0.6) is 11.5 Å². The lowest BCUT2D eigenvalue weighted by Gasteiger charge is -2.04. The topological polar surface area (TPSA) is 120 Å². The minimum absolute atomic E-state index is 0.0688. The van der Waals surface area contributed by atoms with Crippen molar-refractivity contribution in [2.24, 2.45) is 14.1 Å². The number of amides is 1. The fourth-order valence-corrected chi connectivity index (χ4v) is 2.76. The number of aryl methyl sites for hydroxylation is 1. The van der Waals surface area contributed by atoms with E-state index in [2.05, 4.69) is 15.3 Å². The van der Waals surface area contributed by atoms with Crippen molar-refractivity contribution in [2.75, 3.05) is 6.79 Å². The van der Waals surface area contributed by atoms with Crippen LogP contribution in [-0.4, -0.2) is 31.8 Å². The third kappa shape index (κ3) is 2.42. The van der Waals surface area contributed by atoms with Crippen LogP contribution in [0.4, 0.5) is 0 Å². The second-order valence-electron chi connectivity index (χ2n) is 5.84. The van der Waals surface area contributed by atoms with Gasteiger partial charge in [0.15, 0.2) is 17.1 Å². The number of benzene rings is 1. The van der Waals surface area contributed by atoms with E-state index >= 15 is 0 Å². The fraction of sp³-hybridized carbons (Fsp3) is 0.250. The predicted molar refractivity (Wildman–Crippen MR) is 90.3 cm³/mol. The van der Waals surface area contributed by atoms with Gasteiger partial charge in [0.1, 0.15) is 11.3 Å². The number of nitrogens with one attached hydrogen (secondary N) is 2. The number of hydrogen-bond donors (Lipinski definition) is 2. The SMILES string of the molecule is Cn1c(=O)c2[nH]c(CNC(=O)c3ccc4c(c3)OCO4)nc2n(C)c1=O.